The van der Waals surface area contributed by atoms with E-state index in [4.69, 9.17) is 5.73 Å². The molecule has 2 amide bonds. The second-order valence-electron chi connectivity index (χ2n) is 8.71. The molecule has 0 saturated carbocycles. The Hall–Kier alpha value is -2.12. The third-order valence-corrected chi connectivity index (χ3v) is 7.98. The van der Waals surface area contributed by atoms with Crippen molar-refractivity contribution in [1.82, 2.24) is 14.7 Å². The SMILES string of the molecule is CCN(CC)C(=O)C1CCCN(C2CCN(C(=O)c3c(N)sc4ccccc34)CC2)C1. The van der Waals surface area contributed by atoms with Crippen LogP contribution in [0, 0.1) is 5.92 Å². The van der Waals surface area contributed by atoms with Crippen LogP contribution in [0.15, 0.2) is 24.3 Å². The zero-order valence-corrected chi connectivity index (χ0v) is 19.5. The molecule has 4 rings (SSSR count). The van der Waals surface area contributed by atoms with Crippen LogP contribution < -0.4 is 5.73 Å². The van der Waals surface area contributed by atoms with Crippen LogP contribution in [0.25, 0.3) is 10.1 Å². The van der Waals surface area contributed by atoms with Gasteiger partial charge in [-0.1, -0.05) is 18.2 Å². The van der Waals surface area contributed by atoms with Gasteiger partial charge in [-0.25, -0.2) is 0 Å². The number of rotatable bonds is 5. The van der Waals surface area contributed by atoms with Gasteiger partial charge in [0.15, 0.2) is 0 Å². The lowest BCUT2D eigenvalue weighted by molar-refractivity contribution is -0.137. The van der Waals surface area contributed by atoms with Gasteiger partial charge in [0.25, 0.3) is 5.91 Å². The van der Waals surface area contributed by atoms with Gasteiger partial charge >= 0.3 is 0 Å². The highest BCUT2D eigenvalue weighted by atomic mass is 32.1. The molecule has 2 saturated heterocycles. The highest BCUT2D eigenvalue weighted by Gasteiger charge is 2.34. The first-order valence-electron chi connectivity index (χ1n) is 11.6. The van der Waals surface area contributed by atoms with Crippen LogP contribution in [-0.4, -0.2) is 71.8 Å². The van der Waals surface area contributed by atoms with Crippen molar-refractivity contribution in [2.45, 2.75) is 45.6 Å². The molecular formula is C24H34N4O2S. The summed E-state index contributed by atoms with van der Waals surface area (Å²) in [6.07, 6.45) is 3.99. The first-order valence-corrected chi connectivity index (χ1v) is 12.4. The molecule has 1 unspecified atom stereocenters. The Morgan fingerprint density at radius 1 is 1.10 bits per heavy atom. The number of hydrogen-bond acceptors (Lipinski definition) is 5. The summed E-state index contributed by atoms with van der Waals surface area (Å²) in [4.78, 5) is 32.5. The minimum Gasteiger partial charge on any atom is -0.390 e. The third-order valence-electron chi connectivity index (χ3n) is 6.98. The number of thiophene rings is 1. The van der Waals surface area contributed by atoms with Gasteiger partial charge in [-0.15, -0.1) is 11.3 Å². The maximum Gasteiger partial charge on any atom is 0.257 e. The van der Waals surface area contributed by atoms with Gasteiger partial charge in [-0.3, -0.25) is 14.5 Å². The quantitative estimate of drug-likeness (QED) is 0.767. The molecule has 168 valence electrons. The predicted octanol–water partition coefficient (Wildman–Crippen LogP) is 3.67. The number of benzene rings is 1. The van der Waals surface area contributed by atoms with E-state index in [0.29, 0.717) is 22.5 Å². The molecule has 2 aromatic rings. The second kappa shape index (κ2) is 9.57. The van der Waals surface area contributed by atoms with Crippen molar-refractivity contribution in [3.8, 4) is 0 Å². The highest BCUT2D eigenvalue weighted by Crippen LogP contribution is 2.35. The van der Waals surface area contributed by atoms with Gasteiger partial charge in [0.05, 0.1) is 16.5 Å². The van der Waals surface area contributed by atoms with Gasteiger partial charge in [-0.2, -0.15) is 0 Å². The third kappa shape index (κ3) is 4.44. The molecule has 2 aliphatic rings. The van der Waals surface area contributed by atoms with E-state index in [1.54, 1.807) is 0 Å². The Morgan fingerprint density at radius 3 is 2.52 bits per heavy atom. The van der Waals surface area contributed by atoms with Crippen LogP contribution in [0.2, 0.25) is 0 Å². The lowest BCUT2D eigenvalue weighted by Gasteiger charge is -2.42. The molecule has 1 aromatic heterocycles. The van der Waals surface area contributed by atoms with E-state index in [-0.39, 0.29) is 11.8 Å². The Kier molecular flexibility index (Phi) is 6.82. The van der Waals surface area contributed by atoms with Gasteiger partial charge < -0.3 is 15.5 Å². The number of fused-ring (bicyclic) bond motifs is 1. The summed E-state index contributed by atoms with van der Waals surface area (Å²) < 4.78 is 1.07. The fourth-order valence-electron chi connectivity index (χ4n) is 5.21. The van der Waals surface area contributed by atoms with E-state index < -0.39 is 0 Å². The zero-order valence-electron chi connectivity index (χ0n) is 18.7. The number of anilines is 1. The average molecular weight is 443 g/mol. The van der Waals surface area contributed by atoms with Crippen LogP contribution in [0.4, 0.5) is 5.00 Å². The van der Waals surface area contributed by atoms with E-state index in [1.165, 1.54) is 11.3 Å². The maximum absolute atomic E-state index is 13.2. The first-order chi connectivity index (χ1) is 15.0. The maximum atomic E-state index is 13.2. The van der Waals surface area contributed by atoms with Gasteiger partial charge in [0.1, 0.15) is 0 Å². The van der Waals surface area contributed by atoms with E-state index in [0.717, 1.165) is 75.0 Å². The number of likely N-dealkylation sites (tertiary alicyclic amines) is 2. The lowest BCUT2D eigenvalue weighted by atomic mass is 9.92. The van der Waals surface area contributed by atoms with Crippen molar-refractivity contribution in [2.24, 2.45) is 5.92 Å². The normalized spacial score (nSPS) is 20.8. The van der Waals surface area contributed by atoms with Crippen LogP contribution in [0.5, 0.6) is 0 Å². The summed E-state index contributed by atoms with van der Waals surface area (Å²) in [6, 6.07) is 8.40. The van der Waals surface area contributed by atoms with Gasteiger partial charge in [-0.05, 0) is 52.1 Å². The Labute approximate surface area is 189 Å². The molecule has 2 N–H and O–H groups in total. The van der Waals surface area contributed by atoms with E-state index >= 15 is 0 Å². The number of carbonyl (C=O) groups excluding carboxylic acids is 2. The summed E-state index contributed by atoms with van der Waals surface area (Å²) in [6.45, 7) is 9.09. The molecule has 1 atom stereocenters. The van der Waals surface area contributed by atoms with Crippen molar-refractivity contribution in [2.75, 3.05) is 45.0 Å². The summed E-state index contributed by atoms with van der Waals surface area (Å²) in [5.74, 6) is 0.481. The fourth-order valence-corrected chi connectivity index (χ4v) is 6.17. The number of nitrogens with two attached hydrogens (primary N) is 1. The van der Waals surface area contributed by atoms with Crippen molar-refractivity contribution in [3.63, 3.8) is 0 Å². The molecule has 1 aromatic carbocycles. The van der Waals surface area contributed by atoms with Gasteiger partial charge in [0.2, 0.25) is 5.91 Å². The minimum atomic E-state index is 0.0571. The number of amides is 2. The fraction of sp³-hybridized carbons (Fsp3) is 0.583. The van der Waals surface area contributed by atoms with Crippen LogP contribution in [0.1, 0.15) is 49.9 Å². The smallest absolute Gasteiger partial charge is 0.257 e. The van der Waals surface area contributed by atoms with Crippen LogP contribution >= 0.6 is 11.3 Å². The molecule has 7 heteroatoms. The first kappa shape index (κ1) is 22.1. The molecule has 2 fully saturated rings. The standard InChI is InChI=1S/C24H34N4O2S/c1-3-26(4-2)23(29)17-8-7-13-28(16-17)18-11-14-27(15-12-18)24(30)21-19-9-5-6-10-20(19)31-22(21)25/h5-6,9-10,17-18H,3-4,7-8,11-16,25H2,1-2H3. The molecule has 31 heavy (non-hydrogen) atoms. The number of hydrogen-bond donors (Lipinski definition) is 1. The Bertz CT molecular complexity index is 931. The predicted molar refractivity (Wildman–Crippen MR) is 127 cm³/mol. The van der Waals surface area contributed by atoms with E-state index in [9.17, 15) is 9.59 Å². The highest BCUT2D eigenvalue weighted by molar-refractivity contribution is 7.23. The van der Waals surface area contributed by atoms with E-state index in [2.05, 4.69) is 18.7 Å². The second-order valence-corrected chi connectivity index (χ2v) is 9.79. The van der Waals surface area contributed by atoms with Crippen molar-refractivity contribution >= 4 is 38.2 Å². The Balaban J connectivity index is 1.37. The van der Waals surface area contributed by atoms with Crippen molar-refractivity contribution in [3.05, 3.63) is 29.8 Å². The molecule has 3 heterocycles. The molecule has 0 aliphatic carbocycles. The molecule has 0 radical (unpaired) electrons. The number of nitrogen functional groups attached to an aromatic ring is 1. The zero-order chi connectivity index (χ0) is 22.0. The molecule has 6 nitrogen and oxygen atoms in total. The topological polar surface area (TPSA) is 69.9 Å². The monoisotopic (exact) mass is 442 g/mol. The van der Waals surface area contributed by atoms with E-state index in [1.807, 2.05) is 34.1 Å². The Morgan fingerprint density at radius 2 is 1.81 bits per heavy atom. The number of piperidine rings is 2. The van der Waals surface area contributed by atoms with Crippen molar-refractivity contribution in [1.29, 1.82) is 0 Å². The lowest BCUT2D eigenvalue weighted by Crippen LogP contribution is -2.52. The van der Waals surface area contributed by atoms with Crippen LogP contribution in [0.3, 0.4) is 0 Å². The average Bonchev–Trinajstić information content (AvgIpc) is 3.15. The summed E-state index contributed by atoms with van der Waals surface area (Å²) in [5, 5.41) is 1.58. The van der Waals surface area contributed by atoms with Crippen LogP contribution in [-0.2, 0) is 4.79 Å². The minimum absolute atomic E-state index is 0.0571. The number of nitrogens with zero attached hydrogens (tertiary/aromatic N) is 3. The molecule has 0 bridgehead atoms. The summed E-state index contributed by atoms with van der Waals surface area (Å²) in [7, 11) is 0. The summed E-state index contributed by atoms with van der Waals surface area (Å²) >= 11 is 1.49. The largest absolute Gasteiger partial charge is 0.390 e. The summed E-state index contributed by atoms with van der Waals surface area (Å²) in [5.41, 5.74) is 6.89. The molecule has 0 spiro atoms. The number of carbonyl (C=O) groups is 2. The molecular weight excluding hydrogens is 408 g/mol. The molecule has 2 aliphatic heterocycles. The van der Waals surface area contributed by atoms with Crippen molar-refractivity contribution < 1.29 is 9.59 Å². The van der Waals surface area contributed by atoms with Gasteiger partial charge in [0, 0.05) is 48.9 Å².